The number of ether oxygens (including phenoxy) is 1. The van der Waals surface area contributed by atoms with E-state index in [2.05, 4.69) is 10.6 Å². The minimum absolute atomic E-state index is 0.164. The zero-order valence-corrected chi connectivity index (χ0v) is 16.5. The summed E-state index contributed by atoms with van der Waals surface area (Å²) in [6, 6.07) is 24.1. The van der Waals surface area contributed by atoms with Crippen LogP contribution < -0.4 is 15.4 Å². The number of carbonyl (C=O) groups is 2. The van der Waals surface area contributed by atoms with Crippen LogP contribution in [0, 0.1) is 6.92 Å². The average Bonchev–Trinajstić information content (AvgIpc) is 2.75. The average molecular weight is 388 g/mol. The minimum Gasteiger partial charge on any atom is -0.481 e. The molecule has 5 nitrogen and oxygen atoms in total. The molecular formula is C24H24N2O3. The second-order valence-corrected chi connectivity index (χ2v) is 6.76. The summed E-state index contributed by atoms with van der Waals surface area (Å²) in [5.41, 5.74) is 3.14. The fourth-order valence-electron chi connectivity index (χ4n) is 2.76. The summed E-state index contributed by atoms with van der Waals surface area (Å²) in [5, 5.41) is 5.69. The van der Waals surface area contributed by atoms with Gasteiger partial charge in [0, 0.05) is 17.8 Å². The summed E-state index contributed by atoms with van der Waals surface area (Å²) in [4.78, 5) is 24.7. The minimum atomic E-state index is -0.648. The van der Waals surface area contributed by atoms with Gasteiger partial charge >= 0.3 is 0 Å². The molecule has 0 bridgehead atoms. The van der Waals surface area contributed by atoms with Crippen LogP contribution in [-0.2, 0) is 11.3 Å². The number of nitrogens with one attached hydrogen (secondary N) is 2. The van der Waals surface area contributed by atoms with Crippen molar-refractivity contribution in [1.29, 1.82) is 0 Å². The van der Waals surface area contributed by atoms with Crippen LogP contribution in [0.25, 0.3) is 0 Å². The molecule has 0 spiro atoms. The molecule has 3 aromatic carbocycles. The zero-order chi connectivity index (χ0) is 20.6. The van der Waals surface area contributed by atoms with Crippen molar-refractivity contribution in [2.45, 2.75) is 26.5 Å². The Morgan fingerprint density at radius 2 is 1.55 bits per heavy atom. The molecule has 0 aliphatic heterocycles. The molecule has 0 saturated heterocycles. The van der Waals surface area contributed by atoms with Crippen molar-refractivity contribution in [3.63, 3.8) is 0 Å². The van der Waals surface area contributed by atoms with Gasteiger partial charge in [-0.1, -0.05) is 48.5 Å². The van der Waals surface area contributed by atoms with Crippen LogP contribution in [0.5, 0.6) is 5.75 Å². The molecule has 29 heavy (non-hydrogen) atoms. The number of anilines is 1. The van der Waals surface area contributed by atoms with Crippen molar-refractivity contribution in [3.8, 4) is 5.75 Å². The monoisotopic (exact) mass is 388 g/mol. The summed E-state index contributed by atoms with van der Waals surface area (Å²) in [6.07, 6.45) is -0.648. The highest BCUT2D eigenvalue weighted by molar-refractivity contribution is 5.96. The van der Waals surface area contributed by atoms with Gasteiger partial charge in [0.2, 0.25) is 0 Å². The number of amides is 2. The van der Waals surface area contributed by atoms with Crippen LogP contribution >= 0.6 is 0 Å². The van der Waals surface area contributed by atoms with E-state index in [0.717, 1.165) is 11.1 Å². The summed E-state index contributed by atoms with van der Waals surface area (Å²) in [5.74, 6) is 0.262. The Bertz CT molecular complexity index is 969. The number of para-hydroxylation sites is 1. The standard InChI is InChI=1S/C24H24N2O3/c1-17-8-6-7-11-22(17)29-18(2)23(27)26-21-14-12-20(13-15-21)24(28)25-16-19-9-4-3-5-10-19/h3-15,18H,16H2,1-2H3,(H,25,28)(H,26,27). The van der Waals surface area contributed by atoms with E-state index in [1.54, 1.807) is 31.2 Å². The van der Waals surface area contributed by atoms with Gasteiger partial charge in [0.15, 0.2) is 6.10 Å². The van der Waals surface area contributed by atoms with Crippen molar-refractivity contribution in [2.24, 2.45) is 0 Å². The molecular weight excluding hydrogens is 364 g/mol. The Morgan fingerprint density at radius 1 is 0.897 bits per heavy atom. The molecule has 3 rings (SSSR count). The van der Waals surface area contributed by atoms with Crippen LogP contribution in [-0.4, -0.2) is 17.9 Å². The van der Waals surface area contributed by atoms with E-state index in [-0.39, 0.29) is 11.8 Å². The molecule has 0 aromatic heterocycles. The van der Waals surface area contributed by atoms with Crippen molar-refractivity contribution in [3.05, 3.63) is 95.6 Å². The van der Waals surface area contributed by atoms with Gasteiger partial charge in [0.1, 0.15) is 5.75 Å². The first-order chi connectivity index (χ1) is 14.0. The molecule has 0 heterocycles. The Kier molecular flexibility index (Phi) is 6.63. The lowest BCUT2D eigenvalue weighted by atomic mass is 10.1. The number of hydrogen-bond donors (Lipinski definition) is 2. The Balaban J connectivity index is 1.53. The molecule has 1 unspecified atom stereocenters. The highest BCUT2D eigenvalue weighted by atomic mass is 16.5. The third-order valence-electron chi connectivity index (χ3n) is 4.48. The highest BCUT2D eigenvalue weighted by Crippen LogP contribution is 2.18. The molecule has 1 atom stereocenters. The van der Waals surface area contributed by atoms with E-state index in [9.17, 15) is 9.59 Å². The first-order valence-electron chi connectivity index (χ1n) is 9.48. The van der Waals surface area contributed by atoms with E-state index in [0.29, 0.717) is 23.5 Å². The maximum absolute atomic E-state index is 12.4. The van der Waals surface area contributed by atoms with Gasteiger partial charge in [-0.15, -0.1) is 0 Å². The van der Waals surface area contributed by atoms with E-state index in [1.807, 2.05) is 61.5 Å². The maximum atomic E-state index is 12.4. The molecule has 0 saturated carbocycles. The maximum Gasteiger partial charge on any atom is 0.265 e. The van der Waals surface area contributed by atoms with Gasteiger partial charge in [-0.25, -0.2) is 0 Å². The van der Waals surface area contributed by atoms with Crippen molar-refractivity contribution < 1.29 is 14.3 Å². The van der Waals surface area contributed by atoms with Gasteiger partial charge in [-0.05, 0) is 55.3 Å². The van der Waals surface area contributed by atoms with E-state index < -0.39 is 6.10 Å². The molecule has 0 aliphatic carbocycles. The predicted molar refractivity (Wildman–Crippen MR) is 114 cm³/mol. The van der Waals surface area contributed by atoms with Crippen molar-refractivity contribution >= 4 is 17.5 Å². The van der Waals surface area contributed by atoms with Crippen LogP contribution in [0.15, 0.2) is 78.9 Å². The molecule has 2 N–H and O–H groups in total. The largest absolute Gasteiger partial charge is 0.481 e. The first-order valence-corrected chi connectivity index (χ1v) is 9.48. The lowest BCUT2D eigenvalue weighted by molar-refractivity contribution is -0.122. The smallest absolute Gasteiger partial charge is 0.265 e. The molecule has 2 amide bonds. The Hall–Kier alpha value is -3.60. The molecule has 148 valence electrons. The van der Waals surface area contributed by atoms with Crippen LogP contribution in [0.1, 0.15) is 28.4 Å². The third-order valence-corrected chi connectivity index (χ3v) is 4.48. The van der Waals surface area contributed by atoms with Gasteiger partial charge in [0.25, 0.3) is 11.8 Å². The van der Waals surface area contributed by atoms with Crippen molar-refractivity contribution in [2.75, 3.05) is 5.32 Å². The predicted octanol–water partition coefficient (Wildman–Crippen LogP) is 4.33. The summed E-state index contributed by atoms with van der Waals surface area (Å²) >= 11 is 0. The number of hydrogen-bond acceptors (Lipinski definition) is 3. The molecule has 3 aromatic rings. The van der Waals surface area contributed by atoms with Gasteiger partial charge < -0.3 is 15.4 Å². The summed E-state index contributed by atoms with van der Waals surface area (Å²) in [6.45, 7) is 4.10. The zero-order valence-electron chi connectivity index (χ0n) is 16.5. The number of benzene rings is 3. The number of rotatable bonds is 7. The molecule has 0 aliphatic rings. The number of aryl methyl sites for hydroxylation is 1. The van der Waals surface area contributed by atoms with Gasteiger partial charge in [0.05, 0.1) is 0 Å². The second-order valence-electron chi connectivity index (χ2n) is 6.76. The molecule has 0 radical (unpaired) electrons. The lowest BCUT2D eigenvalue weighted by Gasteiger charge is -2.16. The molecule has 0 fully saturated rings. The summed E-state index contributed by atoms with van der Waals surface area (Å²) < 4.78 is 5.74. The fourth-order valence-corrected chi connectivity index (χ4v) is 2.76. The van der Waals surface area contributed by atoms with E-state index in [1.165, 1.54) is 0 Å². The van der Waals surface area contributed by atoms with Crippen LogP contribution in [0.4, 0.5) is 5.69 Å². The third kappa shape index (κ3) is 5.69. The SMILES string of the molecule is Cc1ccccc1OC(C)C(=O)Nc1ccc(C(=O)NCc2ccccc2)cc1. The fraction of sp³-hybridized carbons (Fsp3) is 0.167. The van der Waals surface area contributed by atoms with E-state index in [4.69, 9.17) is 4.74 Å². The topological polar surface area (TPSA) is 67.4 Å². The Labute approximate surface area is 170 Å². The van der Waals surface area contributed by atoms with Crippen LogP contribution in [0.2, 0.25) is 0 Å². The highest BCUT2D eigenvalue weighted by Gasteiger charge is 2.16. The van der Waals surface area contributed by atoms with E-state index >= 15 is 0 Å². The lowest BCUT2D eigenvalue weighted by Crippen LogP contribution is -2.30. The first kappa shape index (κ1) is 20.1. The number of carbonyl (C=O) groups excluding carboxylic acids is 2. The van der Waals surface area contributed by atoms with Crippen LogP contribution in [0.3, 0.4) is 0 Å². The summed E-state index contributed by atoms with van der Waals surface area (Å²) in [7, 11) is 0. The normalized spacial score (nSPS) is 11.4. The quantitative estimate of drug-likeness (QED) is 0.633. The molecule has 5 heteroatoms. The van der Waals surface area contributed by atoms with Gasteiger partial charge in [-0.2, -0.15) is 0 Å². The van der Waals surface area contributed by atoms with Crippen molar-refractivity contribution in [1.82, 2.24) is 5.32 Å². The Morgan fingerprint density at radius 3 is 2.24 bits per heavy atom. The van der Waals surface area contributed by atoms with Gasteiger partial charge in [-0.3, -0.25) is 9.59 Å². The second kappa shape index (κ2) is 9.55.